The van der Waals surface area contributed by atoms with Crippen molar-refractivity contribution in [2.45, 2.75) is 0 Å². The number of carbonyl (C=O) groups is 1. The van der Waals surface area contributed by atoms with Crippen molar-refractivity contribution >= 4 is 40.1 Å². The summed E-state index contributed by atoms with van der Waals surface area (Å²) < 4.78 is 5.81. The molecular formula is C28H23ClNO2P. The number of rotatable bonds is 6. The zero-order valence-electron chi connectivity index (χ0n) is 17.9. The van der Waals surface area contributed by atoms with E-state index in [0.717, 1.165) is 5.39 Å². The molecule has 5 aromatic rings. The molecule has 0 spiro atoms. The largest absolute Gasteiger partial charge is 1.00 e. The van der Waals surface area contributed by atoms with Crippen LogP contribution in [0.2, 0.25) is 0 Å². The highest BCUT2D eigenvalue weighted by molar-refractivity contribution is 7.95. The SMILES string of the molecule is O=C(NC[P+](c1ccccc1)(c1ccccc1)c1ccccc1)c1cc2ccccc2o1.[Cl-]. The predicted molar refractivity (Wildman–Crippen MR) is 134 cm³/mol. The van der Waals surface area contributed by atoms with Crippen molar-refractivity contribution in [3.63, 3.8) is 0 Å². The van der Waals surface area contributed by atoms with Gasteiger partial charge in [0, 0.05) is 5.39 Å². The zero-order valence-corrected chi connectivity index (χ0v) is 19.5. The van der Waals surface area contributed by atoms with Gasteiger partial charge in [0.05, 0.1) is 0 Å². The van der Waals surface area contributed by atoms with Crippen LogP contribution in [-0.4, -0.2) is 12.2 Å². The molecule has 0 unspecified atom stereocenters. The van der Waals surface area contributed by atoms with Gasteiger partial charge in [-0.25, -0.2) is 0 Å². The van der Waals surface area contributed by atoms with Crippen LogP contribution in [0, 0.1) is 0 Å². The van der Waals surface area contributed by atoms with Crippen molar-refractivity contribution in [1.82, 2.24) is 5.32 Å². The van der Waals surface area contributed by atoms with Crippen LogP contribution >= 0.6 is 7.26 Å². The molecule has 0 aliphatic carbocycles. The maximum absolute atomic E-state index is 13.2. The predicted octanol–water partition coefficient (Wildman–Crippen LogP) is 2.12. The summed E-state index contributed by atoms with van der Waals surface area (Å²) in [4.78, 5) is 13.2. The lowest BCUT2D eigenvalue weighted by molar-refractivity contribution is -0.0000143. The van der Waals surface area contributed by atoms with Crippen LogP contribution in [-0.2, 0) is 0 Å². The van der Waals surface area contributed by atoms with Crippen LogP contribution in [0.1, 0.15) is 10.6 Å². The van der Waals surface area contributed by atoms with Crippen molar-refractivity contribution in [3.8, 4) is 0 Å². The summed E-state index contributed by atoms with van der Waals surface area (Å²) >= 11 is 0. The molecule has 5 heteroatoms. The van der Waals surface area contributed by atoms with Gasteiger partial charge in [0.15, 0.2) is 5.76 Å². The van der Waals surface area contributed by atoms with Gasteiger partial charge in [-0.3, -0.25) is 4.79 Å². The summed E-state index contributed by atoms with van der Waals surface area (Å²) in [6, 6.07) is 41.0. The number of para-hydroxylation sites is 1. The summed E-state index contributed by atoms with van der Waals surface area (Å²) in [5.41, 5.74) is 0.716. The van der Waals surface area contributed by atoms with E-state index < -0.39 is 7.26 Å². The molecule has 0 atom stereocenters. The monoisotopic (exact) mass is 471 g/mol. The Morgan fingerprint density at radius 1 is 0.667 bits per heavy atom. The summed E-state index contributed by atoms with van der Waals surface area (Å²) in [7, 11) is -2.14. The molecule has 3 nitrogen and oxygen atoms in total. The number of carbonyl (C=O) groups excluding carboxylic acids is 1. The number of nitrogens with one attached hydrogen (secondary N) is 1. The molecule has 0 bridgehead atoms. The molecule has 33 heavy (non-hydrogen) atoms. The van der Waals surface area contributed by atoms with Crippen LogP contribution in [0.15, 0.2) is 126 Å². The van der Waals surface area contributed by atoms with E-state index in [2.05, 4.69) is 78.1 Å². The zero-order chi connectivity index (χ0) is 21.8. The smallest absolute Gasteiger partial charge is 0.289 e. The second-order valence-corrected chi connectivity index (χ2v) is 11.1. The lowest BCUT2D eigenvalue weighted by Crippen LogP contribution is -3.00. The number of amides is 1. The van der Waals surface area contributed by atoms with Crippen LogP contribution in [0.25, 0.3) is 11.0 Å². The average Bonchev–Trinajstić information content (AvgIpc) is 3.31. The molecule has 0 saturated carbocycles. The van der Waals surface area contributed by atoms with E-state index in [1.807, 2.05) is 42.5 Å². The Morgan fingerprint density at radius 3 is 1.61 bits per heavy atom. The first-order valence-corrected chi connectivity index (χ1v) is 12.6. The molecule has 164 valence electrons. The fourth-order valence-corrected chi connectivity index (χ4v) is 8.01. The van der Waals surface area contributed by atoms with E-state index in [1.165, 1.54) is 15.9 Å². The van der Waals surface area contributed by atoms with Crippen molar-refractivity contribution in [2.75, 3.05) is 6.29 Å². The molecule has 4 aromatic carbocycles. The molecule has 1 heterocycles. The first-order chi connectivity index (χ1) is 15.8. The minimum absolute atomic E-state index is 0. The van der Waals surface area contributed by atoms with Gasteiger partial charge < -0.3 is 22.1 Å². The number of hydrogen-bond acceptors (Lipinski definition) is 2. The van der Waals surface area contributed by atoms with Crippen molar-refractivity contribution in [1.29, 1.82) is 0 Å². The second kappa shape index (κ2) is 10.0. The van der Waals surface area contributed by atoms with Crippen molar-refractivity contribution in [3.05, 3.63) is 127 Å². The van der Waals surface area contributed by atoms with Crippen LogP contribution < -0.4 is 33.6 Å². The minimum Gasteiger partial charge on any atom is -1.00 e. The normalized spacial score (nSPS) is 11.0. The number of fused-ring (bicyclic) bond motifs is 1. The summed E-state index contributed by atoms with van der Waals surface area (Å²) in [5.74, 6) is 0.131. The number of furan rings is 1. The van der Waals surface area contributed by atoms with Crippen LogP contribution in [0.5, 0.6) is 0 Å². The molecule has 0 aliphatic heterocycles. The third kappa shape index (κ3) is 4.43. The summed E-state index contributed by atoms with van der Waals surface area (Å²) in [6.07, 6.45) is 0.501. The van der Waals surface area contributed by atoms with Gasteiger partial charge in [-0.15, -0.1) is 0 Å². The minimum atomic E-state index is -2.14. The molecular weight excluding hydrogens is 449 g/mol. The standard InChI is InChI=1S/C28H22NO2P.ClH/c30-28(27-20-22-12-10-11-19-26(22)31-27)29-21-32(23-13-4-1-5-14-23,24-15-6-2-7-16-24)25-17-8-3-9-18-25;/h1-20H,21H2;1H. The number of hydrogen-bond donors (Lipinski definition) is 1. The summed E-state index contributed by atoms with van der Waals surface area (Å²) in [5, 5.41) is 7.81. The molecule has 0 radical (unpaired) electrons. The Hall–Kier alpha value is -3.39. The highest BCUT2D eigenvalue weighted by atomic mass is 35.5. The van der Waals surface area contributed by atoms with Gasteiger partial charge in [0.25, 0.3) is 5.91 Å². The van der Waals surface area contributed by atoms with E-state index in [0.29, 0.717) is 17.6 Å². The third-order valence-corrected chi connectivity index (χ3v) is 9.89. The highest BCUT2D eigenvalue weighted by Gasteiger charge is 2.45. The molecule has 0 saturated heterocycles. The van der Waals surface area contributed by atoms with E-state index >= 15 is 0 Å². The Bertz CT molecular complexity index is 1210. The van der Waals surface area contributed by atoms with Gasteiger partial charge in [-0.2, -0.15) is 0 Å². The van der Waals surface area contributed by atoms with E-state index in [-0.39, 0.29) is 18.3 Å². The van der Waals surface area contributed by atoms with Gasteiger partial charge in [0.2, 0.25) is 0 Å². The molecule has 0 fully saturated rings. The van der Waals surface area contributed by atoms with Crippen molar-refractivity contribution in [2.24, 2.45) is 0 Å². The number of halogens is 1. The highest BCUT2D eigenvalue weighted by Crippen LogP contribution is 2.54. The van der Waals surface area contributed by atoms with Crippen molar-refractivity contribution < 1.29 is 21.6 Å². The van der Waals surface area contributed by atoms with E-state index in [1.54, 1.807) is 6.07 Å². The molecule has 1 N–H and O–H groups in total. The maximum atomic E-state index is 13.2. The molecule has 1 amide bonds. The average molecular weight is 472 g/mol. The lowest BCUT2D eigenvalue weighted by Gasteiger charge is -2.27. The van der Waals surface area contributed by atoms with Gasteiger partial charge in [0.1, 0.15) is 35.0 Å². The second-order valence-electron chi connectivity index (χ2n) is 7.63. The van der Waals surface area contributed by atoms with E-state index in [9.17, 15) is 4.79 Å². The summed E-state index contributed by atoms with van der Waals surface area (Å²) in [6.45, 7) is 0. The Labute approximate surface area is 200 Å². The van der Waals surface area contributed by atoms with E-state index in [4.69, 9.17) is 4.42 Å². The first-order valence-electron chi connectivity index (χ1n) is 10.6. The fourth-order valence-electron chi connectivity index (χ4n) is 4.14. The molecule has 0 aliphatic rings. The number of benzene rings is 4. The Balaban J connectivity index is 0.00000259. The third-order valence-electron chi connectivity index (χ3n) is 5.72. The Morgan fingerprint density at radius 2 is 1.12 bits per heavy atom. The van der Waals surface area contributed by atoms with Crippen LogP contribution in [0.3, 0.4) is 0 Å². The Kier molecular flexibility index (Phi) is 6.93. The molecule has 1 aromatic heterocycles. The van der Waals surface area contributed by atoms with Gasteiger partial charge in [-0.05, 0) is 48.5 Å². The lowest BCUT2D eigenvalue weighted by atomic mass is 10.2. The quantitative estimate of drug-likeness (QED) is 0.385. The molecule has 5 rings (SSSR count). The fraction of sp³-hybridized carbons (Fsp3) is 0.0357. The first kappa shape index (κ1) is 22.8. The maximum Gasteiger partial charge on any atom is 0.289 e. The van der Waals surface area contributed by atoms with Gasteiger partial charge in [-0.1, -0.05) is 72.8 Å². The van der Waals surface area contributed by atoms with Gasteiger partial charge >= 0.3 is 0 Å². The van der Waals surface area contributed by atoms with Crippen LogP contribution in [0.4, 0.5) is 0 Å². The topological polar surface area (TPSA) is 42.2 Å².